The van der Waals surface area contributed by atoms with E-state index in [1.165, 1.54) is 6.20 Å². The zero-order chi connectivity index (χ0) is 15.7. The second-order valence-electron chi connectivity index (χ2n) is 4.69. The molecule has 3 rings (SSSR count). The molecular weight excluding hydrogens is 353 g/mol. The summed E-state index contributed by atoms with van der Waals surface area (Å²) in [6.45, 7) is 1.92. The highest BCUT2D eigenvalue weighted by molar-refractivity contribution is 6.02. The Bertz CT molecular complexity index is 847. The summed E-state index contributed by atoms with van der Waals surface area (Å²) in [6, 6.07) is 7.65. The molecule has 0 unspecified atom stereocenters. The Balaban J connectivity index is 0.00000144. The number of benzene rings is 1. The minimum absolute atomic E-state index is 0. The van der Waals surface area contributed by atoms with E-state index in [-0.39, 0.29) is 30.8 Å². The van der Waals surface area contributed by atoms with E-state index in [0.717, 1.165) is 11.0 Å². The molecule has 10 heteroatoms. The maximum atomic E-state index is 12.0. The summed E-state index contributed by atoms with van der Waals surface area (Å²) < 4.78 is 1.59. The fraction of sp³-hybridized carbons (Fsp3) is 0.143. The quantitative estimate of drug-likeness (QED) is 0.476. The number of aliphatic imine (C=N–C) groups is 1. The number of nitrogens with one attached hydrogen (secondary N) is 1. The SMILES string of the molecule is CCc1c(C(=O)N=C(N)N)cnn1-c1nc2ccccc2[nH]1.Cl.Cl. The number of hydrogen-bond acceptors (Lipinski definition) is 3. The second kappa shape index (κ2) is 7.80. The number of halogens is 2. The van der Waals surface area contributed by atoms with Crippen LogP contribution in [0, 0.1) is 0 Å². The first-order valence-electron chi connectivity index (χ1n) is 6.76. The fourth-order valence-corrected chi connectivity index (χ4v) is 2.29. The molecule has 0 spiro atoms. The van der Waals surface area contributed by atoms with E-state index in [0.29, 0.717) is 23.6 Å². The van der Waals surface area contributed by atoms with Crippen LogP contribution in [0.25, 0.3) is 17.0 Å². The third kappa shape index (κ3) is 3.50. The van der Waals surface area contributed by atoms with Crippen molar-refractivity contribution in [2.45, 2.75) is 13.3 Å². The lowest BCUT2D eigenvalue weighted by Gasteiger charge is -2.03. The van der Waals surface area contributed by atoms with Crippen LogP contribution < -0.4 is 11.5 Å². The summed E-state index contributed by atoms with van der Waals surface area (Å²) in [5.74, 6) is -0.246. The zero-order valence-corrected chi connectivity index (χ0v) is 14.4. The molecule has 0 atom stereocenters. The highest BCUT2D eigenvalue weighted by atomic mass is 35.5. The lowest BCUT2D eigenvalue weighted by atomic mass is 10.2. The molecular formula is C14H17Cl2N7O. The molecule has 128 valence electrons. The van der Waals surface area contributed by atoms with Gasteiger partial charge in [0, 0.05) is 0 Å². The van der Waals surface area contributed by atoms with Gasteiger partial charge in [-0.25, -0.2) is 9.67 Å². The number of imidazole rings is 1. The van der Waals surface area contributed by atoms with Crippen LogP contribution in [0.2, 0.25) is 0 Å². The highest BCUT2D eigenvalue weighted by Gasteiger charge is 2.18. The van der Waals surface area contributed by atoms with Gasteiger partial charge < -0.3 is 16.5 Å². The van der Waals surface area contributed by atoms with Crippen molar-refractivity contribution >= 4 is 47.7 Å². The molecule has 5 N–H and O–H groups in total. The predicted molar refractivity (Wildman–Crippen MR) is 97.2 cm³/mol. The third-order valence-electron chi connectivity index (χ3n) is 3.24. The number of fused-ring (bicyclic) bond motifs is 1. The molecule has 0 aliphatic carbocycles. The van der Waals surface area contributed by atoms with Gasteiger partial charge in [0.25, 0.3) is 5.91 Å². The van der Waals surface area contributed by atoms with Gasteiger partial charge in [-0.2, -0.15) is 10.1 Å². The van der Waals surface area contributed by atoms with Crippen molar-refractivity contribution < 1.29 is 4.79 Å². The van der Waals surface area contributed by atoms with E-state index in [1.54, 1.807) is 4.68 Å². The lowest BCUT2D eigenvalue weighted by Crippen LogP contribution is -2.24. The van der Waals surface area contributed by atoms with Crippen molar-refractivity contribution in [3.8, 4) is 5.95 Å². The van der Waals surface area contributed by atoms with Gasteiger partial charge >= 0.3 is 0 Å². The maximum absolute atomic E-state index is 12.0. The molecule has 3 aromatic rings. The predicted octanol–water partition coefficient (Wildman–Crippen LogP) is 1.57. The number of carbonyl (C=O) groups is 1. The fourth-order valence-electron chi connectivity index (χ4n) is 2.29. The minimum Gasteiger partial charge on any atom is -0.370 e. The van der Waals surface area contributed by atoms with Crippen LogP contribution in [0.15, 0.2) is 35.5 Å². The van der Waals surface area contributed by atoms with Crippen LogP contribution >= 0.6 is 24.8 Å². The summed E-state index contributed by atoms with van der Waals surface area (Å²) in [4.78, 5) is 23.2. The van der Waals surface area contributed by atoms with Gasteiger partial charge in [0.1, 0.15) is 0 Å². The van der Waals surface area contributed by atoms with Crippen LogP contribution in [0.5, 0.6) is 0 Å². The normalized spacial score (nSPS) is 9.88. The Morgan fingerprint density at radius 3 is 2.62 bits per heavy atom. The molecule has 2 heterocycles. The van der Waals surface area contributed by atoms with Crippen molar-refractivity contribution in [1.82, 2.24) is 19.7 Å². The van der Waals surface area contributed by atoms with Crippen molar-refractivity contribution in [3.63, 3.8) is 0 Å². The Morgan fingerprint density at radius 2 is 2.00 bits per heavy atom. The first-order chi connectivity index (χ1) is 10.6. The van der Waals surface area contributed by atoms with E-state index in [2.05, 4.69) is 20.1 Å². The number of amides is 1. The number of para-hydroxylation sites is 2. The molecule has 1 aromatic carbocycles. The standard InChI is InChI=1S/C14H15N7O.2ClH/c1-2-11-8(12(22)20-13(15)16)7-17-21(11)14-18-9-5-3-4-6-10(9)19-14;;/h3-7H,2H2,1H3,(H,18,19)(H4,15,16,20,22);2*1H. The molecule has 24 heavy (non-hydrogen) atoms. The van der Waals surface area contributed by atoms with Gasteiger partial charge in [0.15, 0.2) is 5.96 Å². The molecule has 0 radical (unpaired) electrons. The molecule has 2 aromatic heterocycles. The molecule has 0 aliphatic rings. The molecule has 8 nitrogen and oxygen atoms in total. The van der Waals surface area contributed by atoms with Gasteiger partial charge in [-0.1, -0.05) is 19.1 Å². The molecule has 0 bridgehead atoms. The smallest absolute Gasteiger partial charge is 0.283 e. The van der Waals surface area contributed by atoms with E-state index < -0.39 is 5.91 Å². The monoisotopic (exact) mass is 369 g/mol. The van der Waals surface area contributed by atoms with Crippen LogP contribution in [-0.4, -0.2) is 31.6 Å². The summed E-state index contributed by atoms with van der Waals surface area (Å²) in [5.41, 5.74) is 13.3. The molecule has 1 amide bonds. The topological polar surface area (TPSA) is 128 Å². The van der Waals surface area contributed by atoms with Gasteiger partial charge in [0.2, 0.25) is 5.95 Å². The van der Waals surface area contributed by atoms with E-state index >= 15 is 0 Å². The number of aromatic amines is 1. The minimum atomic E-state index is -0.515. The number of rotatable bonds is 3. The number of nitrogens with zero attached hydrogens (tertiary/aromatic N) is 4. The molecule has 0 saturated carbocycles. The summed E-state index contributed by atoms with van der Waals surface area (Å²) in [6.07, 6.45) is 2.03. The zero-order valence-electron chi connectivity index (χ0n) is 12.8. The number of guanidine groups is 1. The summed E-state index contributed by atoms with van der Waals surface area (Å²) in [7, 11) is 0. The summed E-state index contributed by atoms with van der Waals surface area (Å²) in [5, 5.41) is 4.23. The van der Waals surface area contributed by atoms with Crippen LogP contribution in [-0.2, 0) is 6.42 Å². The first-order valence-corrected chi connectivity index (χ1v) is 6.76. The van der Waals surface area contributed by atoms with Crippen LogP contribution in [0.1, 0.15) is 23.0 Å². The number of hydrogen-bond donors (Lipinski definition) is 3. The number of nitrogens with two attached hydrogens (primary N) is 2. The van der Waals surface area contributed by atoms with E-state index in [4.69, 9.17) is 11.5 Å². The number of aromatic nitrogens is 4. The first kappa shape index (κ1) is 19.5. The van der Waals surface area contributed by atoms with Gasteiger partial charge in [-0.15, -0.1) is 24.8 Å². The Hall–Kier alpha value is -2.58. The number of H-pyrrole nitrogens is 1. The average molecular weight is 370 g/mol. The van der Waals surface area contributed by atoms with E-state index in [1.807, 2.05) is 31.2 Å². The lowest BCUT2D eigenvalue weighted by molar-refractivity contribution is 0.100. The van der Waals surface area contributed by atoms with Crippen molar-refractivity contribution in [2.75, 3.05) is 0 Å². The molecule has 0 saturated heterocycles. The highest BCUT2D eigenvalue weighted by Crippen LogP contribution is 2.18. The summed E-state index contributed by atoms with van der Waals surface area (Å²) >= 11 is 0. The van der Waals surface area contributed by atoms with Crippen LogP contribution in [0.4, 0.5) is 0 Å². The van der Waals surface area contributed by atoms with Crippen LogP contribution in [0.3, 0.4) is 0 Å². The van der Waals surface area contributed by atoms with Gasteiger partial charge in [0.05, 0.1) is 28.5 Å². The van der Waals surface area contributed by atoms with E-state index in [9.17, 15) is 4.79 Å². The molecule has 0 aliphatic heterocycles. The van der Waals surface area contributed by atoms with Gasteiger partial charge in [-0.3, -0.25) is 4.79 Å². The maximum Gasteiger partial charge on any atom is 0.283 e. The second-order valence-corrected chi connectivity index (χ2v) is 4.69. The Kier molecular flexibility index (Phi) is 6.33. The van der Waals surface area contributed by atoms with Gasteiger partial charge in [-0.05, 0) is 18.6 Å². The third-order valence-corrected chi connectivity index (χ3v) is 3.24. The Morgan fingerprint density at radius 1 is 1.29 bits per heavy atom. The van der Waals surface area contributed by atoms with Crippen molar-refractivity contribution in [2.24, 2.45) is 16.5 Å². The largest absolute Gasteiger partial charge is 0.370 e. The number of carbonyl (C=O) groups excluding carboxylic acids is 1. The van der Waals surface area contributed by atoms with Crippen molar-refractivity contribution in [1.29, 1.82) is 0 Å². The van der Waals surface area contributed by atoms with Crippen molar-refractivity contribution in [3.05, 3.63) is 41.7 Å². The average Bonchev–Trinajstić information content (AvgIpc) is 3.09. The molecule has 0 fully saturated rings. The Labute approximate surface area is 150 Å².